The molecule has 0 radical (unpaired) electrons. The monoisotopic (exact) mass is 381 g/mol. The van der Waals surface area contributed by atoms with Gasteiger partial charge in [0.15, 0.2) is 16.7 Å². The average molecular weight is 381 g/mol. The zero-order valence-corrected chi connectivity index (χ0v) is 15.7. The molecule has 3 aromatic heterocycles. The Balaban J connectivity index is 1.77. The number of rotatable bonds is 2. The lowest BCUT2D eigenvalue weighted by molar-refractivity contribution is -0.624. The van der Waals surface area contributed by atoms with Crippen molar-refractivity contribution >= 4 is 33.0 Å². The molecule has 4 heterocycles. The van der Waals surface area contributed by atoms with Crippen LogP contribution in [0.15, 0.2) is 31.8 Å². The van der Waals surface area contributed by atoms with E-state index >= 15 is 0 Å². The third kappa shape index (κ3) is 2.56. The predicted molar refractivity (Wildman–Crippen MR) is 102 cm³/mol. The molecule has 0 unspecified atom stereocenters. The van der Waals surface area contributed by atoms with Crippen LogP contribution in [0.4, 0.5) is 0 Å². The fourth-order valence-corrected chi connectivity index (χ4v) is 3.73. The van der Waals surface area contributed by atoms with Gasteiger partial charge < -0.3 is 18.8 Å². The summed E-state index contributed by atoms with van der Waals surface area (Å²) in [5.41, 5.74) is 2.39. The van der Waals surface area contributed by atoms with Gasteiger partial charge in [-0.3, -0.25) is 4.90 Å². The summed E-state index contributed by atoms with van der Waals surface area (Å²) in [5, 5.41) is 13.7. The minimum absolute atomic E-state index is 0.276. The van der Waals surface area contributed by atoms with Gasteiger partial charge >= 0.3 is 11.4 Å². The average Bonchev–Trinajstić information content (AvgIpc) is 3.07. The highest BCUT2D eigenvalue weighted by atomic mass is 16.5. The van der Waals surface area contributed by atoms with Gasteiger partial charge in [-0.15, -0.1) is 0 Å². The number of furan rings is 1. The van der Waals surface area contributed by atoms with Crippen molar-refractivity contribution in [1.29, 1.82) is 0 Å². The molecule has 1 aliphatic rings. The van der Waals surface area contributed by atoms with Gasteiger partial charge in [0.1, 0.15) is 12.1 Å². The summed E-state index contributed by atoms with van der Waals surface area (Å²) in [6, 6.07) is 5.57. The number of hydrogen-bond acceptors (Lipinski definition) is 7. The third-order valence-corrected chi connectivity index (χ3v) is 5.25. The Kier molecular flexibility index (Phi) is 3.85. The minimum Gasteiger partial charge on any atom is -0.710 e. The second-order valence-electron chi connectivity index (χ2n) is 7.17. The topological polar surface area (TPSA) is 95.7 Å². The number of aromatic nitrogens is 2. The van der Waals surface area contributed by atoms with E-state index in [0.29, 0.717) is 58.9 Å². The molecule has 1 aliphatic heterocycles. The summed E-state index contributed by atoms with van der Waals surface area (Å²) in [5.74, 6) is 0.331. The van der Waals surface area contributed by atoms with E-state index in [9.17, 15) is 10.0 Å². The molecule has 0 saturated carbocycles. The van der Waals surface area contributed by atoms with Crippen LogP contribution in [0.5, 0.6) is 0 Å². The molecule has 8 heteroatoms. The van der Waals surface area contributed by atoms with Crippen LogP contribution < -0.4 is 10.4 Å². The highest BCUT2D eigenvalue weighted by Gasteiger charge is 2.27. The Morgan fingerprint density at radius 3 is 2.75 bits per heavy atom. The summed E-state index contributed by atoms with van der Waals surface area (Å²) >= 11 is 0. The van der Waals surface area contributed by atoms with Crippen LogP contribution in [-0.2, 0) is 11.3 Å². The van der Waals surface area contributed by atoms with E-state index in [2.05, 4.69) is 9.88 Å². The van der Waals surface area contributed by atoms with E-state index in [4.69, 9.17) is 13.6 Å². The van der Waals surface area contributed by atoms with E-state index in [1.807, 2.05) is 19.1 Å². The molecular formula is C20H19N3O5. The van der Waals surface area contributed by atoms with Crippen LogP contribution in [-0.4, -0.2) is 36.2 Å². The molecule has 5 rings (SSSR count). The minimum atomic E-state index is -0.514. The van der Waals surface area contributed by atoms with Gasteiger partial charge in [0.25, 0.3) is 0 Å². The quantitative estimate of drug-likeness (QED) is 0.298. The van der Waals surface area contributed by atoms with E-state index in [1.54, 1.807) is 13.0 Å². The second kappa shape index (κ2) is 6.29. The number of fused-ring (bicyclic) bond motifs is 5. The van der Waals surface area contributed by atoms with E-state index in [-0.39, 0.29) is 5.39 Å². The second-order valence-corrected chi connectivity index (χ2v) is 7.17. The maximum atomic E-state index is 12.8. The van der Waals surface area contributed by atoms with Gasteiger partial charge in [0, 0.05) is 20.0 Å². The largest absolute Gasteiger partial charge is 0.710 e. The van der Waals surface area contributed by atoms with Crippen molar-refractivity contribution < 1.29 is 18.3 Å². The molecule has 0 aliphatic carbocycles. The first kappa shape index (κ1) is 17.2. The van der Waals surface area contributed by atoms with Gasteiger partial charge in [-0.25, -0.2) is 9.52 Å². The summed E-state index contributed by atoms with van der Waals surface area (Å²) in [6.45, 7) is 6.71. The van der Waals surface area contributed by atoms with Crippen LogP contribution in [0.3, 0.4) is 0 Å². The van der Waals surface area contributed by atoms with Crippen molar-refractivity contribution in [3.05, 3.63) is 50.9 Å². The number of nitrogens with zero attached hydrogens (tertiary/aromatic N) is 3. The van der Waals surface area contributed by atoms with Gasteiger partial charge in [0.05, 0.1) is 18.6 Å². The van der Waals surface area contributed by atoms with E-state index < -0.39 is 5.63 Å². The number of hydrogen-bond donors (Lipinski definition) is 0. The lowest BCUT2D eigenvalue weighted by Gasteiger charge is -2.25. The van der Waals surface area contributed by atoms with Crippen LogP contribution in [0.2, 0.25) is 0 Å². The highest BCUT2D eigenvalue weighted by Crippen LogP contribution is 2.31. The lowest BCUT2D eigenvalue weighted by atomic mass is 10.1. The van der Waals surface area contributed by atoms with Crippen molar-refractivity contribution in [2.45, 2.75) is 20.4 Å². The van der Waals surface area contributed by atoms with Gasteiger partial charge in [0.2, 0.25) is 11.1 Å². The first-order chi connectivity index (χ1) is 13.5. The zero-order valence-electron chi connectivity index (χ0n) is 15.7. The number of aryl methyl sites for hydroxylation is 2. The van der Waals surface area contributed by atoms with Gasteiger partial charge in [-0.2, -0.15) is 0 Å². The van der Waals surface area contributed by atoms with Gasteiger partial charge in [-0.05, 0) is 29.6 Å². The predicted octanol–water partition coefficient (Wildman–Crippen LogP) is 2.17. The molecular weight excluding hydrogens is 362 g/mol. The Morgan fingerprint density at radius 1 is 1.18 bits per heavy atom. The molecule has 0 atom stereocenters. The highest BCUT2D eigenvalue weighted by molar-refractivity contribution is 6.11. The van der Waals surface area contributed by atoms with Crippen LogP contribution >= 0.6 is 0 Å². The van der Waals surface area contributed by atoms with Gasteiger partial charge in [-0.1, -0.05) is 6.07 Å². The zero-order chi connectivity index (χ0) is 19.4. The fourth-order valence-electron chi connectivity index (χ4n) is 3.73. The summed E-state index contributed by atoms with van der Waals surface area (Å²) in [7, 11) is 0. The summed E-state index contributed by atoms with van der Waals surface area (Å²) < 4.78 is 17.6. The smallest absolute Gasteiger partial charge is 0.352 e. The van der Waals surface area contributed by atoms with E-state index in [0.717, 1.165) is 23.4 Å². The normalized spacial score (nSPS) is 15.8. The van der Waals surface area contributed by atoms with Crippen molar-refractivity contribution in [3.8, 4) is 0 Å². The van der Waals surface area contributed by atoms with Crippen molar-refractivity contribution in [2.75, 3.05) is 26.3 Å². The molecule has 0 N–H and O–H groups in total. The number of ether oxygens (including phenoxy) is 1. The standard InChI is InChI=1S/C20H19N3O5/c1-11-3-4-13-14(9-11)27-20(24)16-17-18(28-19(13)16)12(2)23(25)15(21-17)10-22-5-7-26-8-6-22/h3-4,9H,5-8,10H2,1-2H3. The summed E-state index contributed by atoms with van der Waals surface area (Å²) in [4.78, 5) is 19.3. The molecule has 4 aromatic rings. The maximum absolute atomic E-state index is 12.8. The molecule has 28 heavy (non-hydrogen) atoms. The Bertz CT molecular complexity index is 1280. The molecule has 144 valence electrons. The fraction of sp³-hybridized carbons (Fsp3) is 0.350. The van der Waals surface area contributed by atoms with Crippen LogP contribution in [0, 0.1) is 19.1 Å². The Labute approximate surface area is 159 Å². The third-order valence-electron chi connectivity index (χ3n) is 5.25. The van der Waals surface area contributed by atoms with Crippen molar-refractivity contribution in [1.82, 2.24) is 9.88 Å². The van der Waals surface area contributed by atoms with Crippen LogP contribution in [0.1, 0.15) is 17.1 Å². The first-order valence-corrected chi connectivity index (χ1v) is 9.22. The molecule has 1 saturated heterocycles. The first-order valence-electron chi connectivity index (χ1n) is 9.22. The maximum Gasteiger partial charge on any atom is 0.352 e. The SMILES string of the molecule is Cc1ccc2c(c1)oc(=O)c1c3nc(CN4CCOCC4)[n+]([O-])c(C)c3oc21. The Hall–Kier alpha value is -2.97. The van der Waals surface area contributed by atoms with Crippen molar-refractivity contribution in [2.24, 2.45) is 0 Å². The number of morpholine rings is 1. The van der Waals surface area contributed by atoms with E-state index in [1.165, 1.54) is 0 Å². The van der Waals surface area contributed by atoms with Crippen molar-refractivity contribution in [3.63, 3.8) is 0 Å². The Morgan fingerprint density at radius 2 is 1.96 bits per heavy atom. The van der Waals surface area contributed by atoms with Crippen LogP contribution in [0.25, 0.3) is 33.0 Å². The lowest BCUT2D eigenvalue weighted by Crippen LogP contribution is -2.43. The molecule has 0 bridgehead atoms. The molecule has 0 spiro atoms. The molecule has 0 amide bonds. The summed E-state index contributed by atoms with van der Waals surface area (Å²) in [6.07, 6.45) is 0. The molecule has 1 aromatic carbocycles. The molecule has 8 nitrogen and oxygen atoms in total. The molecule has 1 fully saturated rings. The number of benzene rings is 1.